The minimum Gasteiger partial charge on any atom is -0.480 e. The number of hydrogen-bond donors (Lipinski definition) is 3. The Morgan fingerprint density at radius 2 is 1.51 bits per heavy atom. The molecule has 2 amide bonds. The number of amides is 2. The molecule has 0 aliphatic carbocycles. The third kappa shape index (κ3) is 9.65. The van der Waals surface area contributed by atoms with Crippen molar-refractivity contribution in [2.24, 2.45) is 0 Å². The first kappa shape index (κ1) is 44.0. The van der Waals surface area contributed by atoms with Crippen LogP contribution in [-0.4, -0.2) is 41.9 Å². The van der Waals surface area contributed by atoms with Gasteiger partial charge in [0.05, 0.1) is 26.5 Å². The Morgan fingerprint density at radius 1 is 0.891 bits per heavy atom. The Kier molecular flexibility index (Phi) is 13.8. The van der Waals surface area contributed by atoms with Crippen LogP contribution in [0.15, 0.2) is 53.3 Å². The SMILES string of the molecule is CCC(Oc1ccc(C(C)(C)CC)cc1C(C)(C)CC)C(=O)Nc1ccc(Cl)c(N(C(C)=O)c2[nH]n(-c3c(Cl)cc(Cl)cc3Cl)c(=O)c2NS(=O)(=O)CC)c1. The number of carbonyl (C=O) groups is 2. The number of nitrogens with zero attached hydrogens (tertiary/aromatic N) is 2. The second-order valence-electron chi connectivity index (χ2n) is 14.4. The molecule has 298 valence electrons. The molecule has 0 aliphatic rings. The van der Waals surface area contributed by atoms with Crippen molar-refractivity contribution in [3.8, 4) is 11.4 Å². The van der Waals surface area contributed by atoms with Crippen LogP contribution in [0.1, 0.15) is 92.7 Å². The minimum absolute atomic E-state index is 0.0145. The van der Waals surface area contributed by atoms with Crippen LogP contribution in [0.25, 0.3) is 5.69 Å². The largest absolute Gasteiger partial charge is 0.480 e. The van der Waals surface area contributed by atoms with E-state index in [1.165, 1.54) is 43.7 Å². The zero-order valence-electron chi connectivity index (χ0n) is 32.3. The molecule has 1 unspecified atom stereocenters. The number of H-pyrrole nitrogens is 1. The van der Waals surface area contributed by atoms with Crippen LogP contribution >= 0.6 is 46.4 Å². The molecule has 4 rings (SSSR count). The second kappa shape index (κ2) is 17.2. The van der Waals surface area contributed by atoms with Crippen molar-refractivity contribution in [3.05, 3.63) is 90.1 Å². The van der Waals surface area contributed by atoms with Crippen LogP contribution < -0.4 is 25.2 Å². The first-order chi connectivity index (χ1) is 25.6. The van der Waals surface area contributed by atoms with Crippen molar-refractivity contribution in [2.75, 3.05) is 20.7 Å². The summed E-state index contributed by atoms with van der Waals surface area (Å²) in [7, 11) is -4.07. The highest BCUT2D eigenvalue weighted by Gasteiger charge is 2.32. The Morgan fingerprint density at radius 3 is 2.05 bits per heavy atom. The number of halogens is 4. The number of rotatable bonds is 15. The van der Waals surface area contributed by atoms with E-state index in [-0.39, 0.29) is 59.6 Å². The Balaban J connectivity index is 1.78. The number of nitrogens with one attached hydrogen (secondary N) is 3. The molecule has 11 nitrogen and oxygen atoms in total. The van der Waals surface area contributed by atoms with Crippen molar-refractivity contribution >= 4 is 91.1 Å². The van der Waals surface area contributed by atoms with Gasteiger partial charge in [0.15, 0.2) is 17.6 Å². The lowest BCUT2D eigenvalue weighted by molar-refractivity contribution is -0.123. The van der Waals surface area contributed by atoms with Gasteiger partial charge in [0, 0.05) is 23.2 Å². The molecule has 55 heavy (non-hydrogen) atoms. The summed E-state index contributed by atoms with van der Waals surface area (Å²) < 4.78 is 35.3. The molecule has 1 atom stereocenters. The van der Waals surface area contributed by atoms with E-state index >= 15 is 0 Å². The number of aromatic amines is 1. The fourth-order valence-corrected chi connectivity index (χ4v) is 7.52. The Hall–Kier alpha value is -3.68. The fraction of sp³-hybridized carbons (Fsp3) is 0.410. The van der Waals surface area contributed by atoms with E-state index < -0.39 is 39.2 Å². The monoisotopic (exact) mass is 853 g/mol. The first-order valence-electron chi connectivity index (χ1n) is 17.8. The van der Waals surface area contributed by atoms with E-state index in [9.17, 15) is 22.8 Å². The number of ether oxygens (including phenoxy) is 1. The summed E-state index contributed by atoms with van der Waals surface area (Å²) in [6.07, 6.45) is 1.24. The molecular formula is C39H47Cl4N5O6S. The van der Waals surface area contributed by atoms with Crippen LogP contribution in [0, 0.1) is 0 Å². The normalized spacial score (nSPS) is 12.7. The minimum atomic E-state index is -4.07. The third-order valence-electron chi connectivity index (χ3n) is 9.90. The van der Waals surface area contributed by atoms with E-state index in [0.717, 1.165) is 28.0 Å². The molecule has 0 saturated carbocycles. The van der Waals surface area contributed by atoms with E-state index in [2.05, 4.69) is 62.7 Å². The van der Waals surface area contributed by atoms with Crippen LogP contribution in [0.5, 0.6) is 5.75 Å². The van der Waals surface area contributed by atoms with Crippen molar-refractivity contribution in [1.29, 1.82) is 0 Å². The van der Waals surface area contributed by atoms with Gasteiger partial charge < -0.3 is 10.1 Å². The highest BCUT2D eigenvalue weighted by atomic mass is 35.5. The van der Waals surface area contributed by atoms with E-state index in [0.29, 0.717) is 12.2 Å². The maximum absolute atomic E-state index is 13.9. The smallest absolute Gasteiger partial charge is 0.297 e. The molecule has 0 radical (unpaired) electrons. The second-order valence-corrected chi connectivity index (χ2v) is 18.1. The molecule has 0 saturated heterocycles. The molecule has 0 fully saturated rings. The van der Waals surface area contributed by atoms with Crippen molar-refractivity contribution in [1.82, 2.24) is 9.78 Å². The fourth-order valence-electron chi connectivity index (χ4n) is 5.70. The van der Waals surface area contributed by atoms with Crippen LogP contribution in [-0.2, 0) is 30.4 Å². The van der Waals surface area contributed by atoms with E-state index in [1.54, 1.807) is 6.07 Å². The molecule has 1 aromatic heterocycles. The number of anilines is 4. The van der Waals surface area contributed by atoms with Crippen molar-refractivity contribution in [3.63, 3.8) is 0 Å². The van der Waals surface area contributed by atoms with Crippen LogP contribution in [0.3, 0.4) is 0 Å². The first-order valence-corrected chi connectivity index (χ1v) is 21.0. The summed E-state index contributed by atoms with van der Waals surface area (Å²) in [5.41, 5.74) is 0.674. The lowest BCUT2D eigenvalue weighted by Gasteiger charge is -2.31. The summed E-state index contributed by atoms with van der Waals surface area (Å²) >= 11 is 25.6. The topological polar surface area (TPSA) is 143 Å². The number of benzene rings is 3. The van der Waals surface area contributed by atoms with Crippen LogP contribution in [0.2, 0.25) is 20.1 Å². The third-order valence-corrected chi connectivity index (χ3v) is 12.3. The molecule has 1 heterocycles. The average Bonchev–Trinajstić information content (AvgIpc) is 3.41. The van der Waals surface area contributed by atoms with Gasteiger partial charge in [0.2, 0.25) is 15.9 Å². The van der Waals surface area contributed by atoms with Crippen molar-refractivity contribution < 1.29 is 22.7 Å². The van der Waals surface area contributed by atoms with Gasteiger partial charge in [0.25, 0.3) is 11.5 Å². The highest BCUT2D eigenvalue weighted by Crippen LogP contribution is 2.41. The molecule has 0 aliphatic heterocycles. The van der Waals surface area contributed by atoms with Gasteiger partial charge in [-0.05, 0) is 79.0 Å². The average molecular weight is 856 g/mol. The van der Waals surface area contributed by atoms with Crippen molar-refractivity contribution in [2.45, 2.75) is 98.5 Å². The van der Waals surface area contributed by atoms with Crippen LogP contribution in [0.4, 0.5) is 22.9 Å². The van der Waals surface area contributed by atoms with Gasteiger partial charge in [-0.15, -0.1) is 0 Å². The predicted molar refractivity (Wildman–Crippen MR) is 225 cm³/mol. The number of sulfonamides is 1. The van der Waals surface area contributed by atoms with Gasteiger partial charge >= 0.3 is 0 Å². The zero-order valence-corrected chi connectivity index (χ0v) is 36.1. The summed E-state index contributed by atoms with van der Waals surface area (Å²) in [5.74, 6) is -1.19. The predicted octanol–water partition coefficient (Wildman–Crippen LogP) is 10.4. The standard InChI is InChI=1S/C39H47Cl4N5O6S/c1-10-31(54-32-17-14-23(38(6,7)11-2)18-26(32)39(8,9)12-3)36(50)44-25-15-16-27(41)30(21-25)47(22(5)49)35-33(46-55(52,53)13-4)37(51)48(45-35)34-28(42)19-24(40)20-29(34)43/h14-21,31,45-46H,10-13H2,1-9H3,(H,44,50). The maximum Gasteiger partial charge on any atom is 0.297 e. The molecule has 0 spiro atoms. The lowest BCUT2D eigenvalue weighted by atomic mass is 9.76. The highest BCUT2D eigenvalue weighted by molar-refractivity contribution is 7.92. The Bertz CT molecular complexity index is 2250. The molecule has 0 bridgehead atoms. The van der Waals surface area contributed by atoms with Gasteiger partial charge in [-0.1, -0.05) is 107 Å². The van der Waals surface area contributed by atoms with Gasteiger partial charge in [-0.25, -0.2) is 13.1 Å². The van der Waals surface area contributed by atoms with Gasteiger partial charge in [0.1, 0.15) is 11.4 Å². The quantitative estimate of drug-likeness (QED) is 0.109. The molecular weight excluding hydrogens is 808 g/mol. The van der Waals surface area contributed by atoms with Gasteiger partial charge in [-0.3, -0.25) is 29.1 Å². The molecule has 3 N–H and O–H groups in total. The molecule has 16 heteroatoms. The van der Waals surface area contributed by atoms with E-state index in [4.69, 9.17) is 51.1 Å². The number of hydrogen-bond acceptors (Lipinski definition) is 6. The summed E-state index contributed by atoms with van der Waals surface area (Å²) in [5, 5.41) is 5.81. The summed E-state index contributed by atoms with van der Waals surface area (Å²) in [6.45, 7) is 17.4. The van der Waals surface area contributed by atoms with E-state index in [1.807, 2.05) is 19.1 Å². The summed E-state index contributed by atoms with van der Waals surface area (Å²) in [4.78, 5) is 42.2. The van der Waals surface area contributed by atoms with Gasteiger partial charge in [-0.2, -0.15) is 0 Å². The molecule has 3 aromatic carbocycles. The number of carbonyl (C=O) groups excluding carboxylic acids is 2. The lowest BCUT2D eigenvalue weighted by Crippen LogP contribution is -2.33. The Labute approximate surface area is 342 Å². The number of aromatic nitrogens is 2. The summed E-state index contributed by atoms with van der Waals surface area (Å²) in [6, 6.07) is 13.3. The molecule has 4 aromatic rings. The maximum atomic E-state index is 13.9. The zero-order chi connectivity index (χ0) is 41.2.